The van der Waals surface area contributed by atoms with Crippen molar-refractivity contribution in [3.05, 3.63) is 35.9 Å². The largest absolute Gasteiger partial charge is 0.368 e. The van der Waals surface area contributed by atoms with E-state index < -0.39 is 0 Å². The van der Waals surface area contributed by atoms with E-state index in [0.717, 1.165) is 35.6 Å². The minimum absolute atomic E-state index is 0.878. The van der Waals surface area contributed by atoms with Crippen LogP contribution in [0.5, 0.6) is 0 Å². The van der Waals surface area contributed by atoms with Crippen molar-refractivity contribution in [2.45, 2.75) is 46.0 Å². The van der Waals surface area contributed by atoms with Gasteiger partial charge in [-0.3, -0.25) is 0 Å². The number of benzene rings is 1. The van der Waals surface area contributed by atoms with Gasteiger partial charge in [0.15, 0.2) is 5.82 Å². The van der Waals surface area contributed by atoms with Crippen LogP contribution in [-0.4, -0.2) is 22.0 Å². The van der Waals surface area contributed by atoms with Gasteiger partial charge < -0.3 is 5.32 Å². The Morgan fingerprint density at radius 1 is 0.952 bits per heavy atom. The standard InChI is InChI=1S/C17H24N4/c1-3-5-6-10-13-18-17-15(4-2)16(19-21-20-17)14-11-8-7-9-12-14/h7-9,11-12H,3-6,10,13H2,1-2H3,(H,18,19,20). The molecular formula is C17H24N4. The number of rotatable bonds is 8. The Balaban J connectivity index is 2.12. The van der Waals surface area contributed by atoms with Gasteiger partial charge in [-0.2, -0.15) is 0 Å². The first-order valence-electron chi connectivity index (χ1n) is 7.88. The maximum Gasteiger partial charge on any atom is 0.155 e. The third-order valence-corrected chi connectivity index (χ3v) is 3.58. The van der Waals surface area contributed by atoms with E-state index in [1.807, 2.05) is 18.2 Å². The summed E-state index contributed by atoms with van der Waals surface area (Å²) < 4.78 is 0. The number of hydrogen-bond acceptors (Lipinski definition) is 4. The van der Waals surface area contributed by atoms with Crippen LogP contribution in [0, 0.1) is 0 Å². The van der Waals surface area contributed by atoms with Crippen molar-refractivity contribution in [2.75, 3.05) is 11.9 Å². The monoisotopic (exact) mass is 284 g/mol. The molecule has 0 bridgehead atoms. The van der Waals surface area contributed by atoms with E-state index in [0.29, 0.717) is 0 Å². The lowest BCUT2D eigenvalue weighted by Crippen LogP contribution is -2.09. The highest BCUT2D eigenvalue weighted by Crippen LogP contribution is 2.25. The van der Waals surface area contributed by atoms with Crippen LogP contribution in [0.3, 0.4) is 0 Å². The van der Waals surface area contributed by atoms with Crippen LogP contribution in [0.4, 0.5) is 5.82 Å². The summed E-state index contributed by atoms with van der Waals surface area (Å²) in [5, 5.41) is 15.8. The zero-order valence-corrected chi connectivity index (χ0v) is 13.0. The van der Waals surface area contributed by atoms with E-state index in [1.54, 1.807) is 0 Å². The predicted molar refractivity (Wildman–Crippen MR) is 87.3 cm³/mol. The molecule has 0 amide bonds. The maximum absolute atomic E-state index is 4.24. The first-order valence-corrected chi connectivity index (χ1v) is 7.88. The number of aromatic nitrogens is 3. The molecule has 0 saturated heterocycles. The van der Waals surface area contributed by atoms with Crippen LogP contribution in [0.2, 0.25) is 0 Å². The summed E-state index contributed by atoms with van der Waals surface area (Å²) in [6, 6.07) is 10.2. The Morgan fingerprint density at radius 3 is 2.48 bits per heavy atom. The lowest BCUT2D eigenvalue weighted by atomic mass is 10.0. The molecule has 0 fully saturated rings. The molecule has 0 aliphatic carbocycles. The summed E-state index contributed by atoms with van der Waals surface area (Å²) in [5.74, 6) is 0.878. The molecule has 0 spiro atoms. The summed E-state index contributed by atoms with van der Waals surface area (Å²) in [6.07, 6.45) is 5.87. The van der Waals surface area contributed by atoms with Crippen molar-refractivity contribution in [3.8, 4) is 11.3 Å². The van der Waals surface area contributed by atoms with Gasteiger partial charge in [0.1, 0.15) is 5.69 Å². The number of unbranched alkanes of at least 4 members (excludes halogenated alkanes) is 3. The lowest BCUT2D eigenvalue weighted by molar-refractivity contribution is 0.682. The lowest BCUT2D eigenvalue weighted by Gasteiger charge is -2.12. The first kappa shape index (κ1) is 15.4. The fourth-order valence-corrected chi connectivity index (χ4v) is 2.41. The quantitative estimate of drug-likeness (QED) is 0.742. The fraction of sp³-hybridized carbons (Fsp3) is 0.471. The van der Waals surface area contributed by atoms with Crippen molar-refractivity contribution >= 4 is 5.82 Å². The minimum Gasteiger partial charge on any atom is -0.368 e. The molecule has 2 aromatic rings. The fourth-order valence-electron chi connectivity index (χ4n) is 2.41. The molecule has 1 heterocycles. The van der Waals surface area contributed by atoms with Crippen LogP contribution < -0.4 is 5.32 Å². The van der Waals surface area contributed by atoms with Gasteiger partial charge in [-0.15, -0.1) is 10.2 Å². The van der Waals surface area contributed by atoms with Crippen molar-refractivity contribution < 1.29 is 0 Å². The molecule has 0 radical (unpaired) electrons. The smallest absolute Gasteiger partial charge is 0.155 e. The van der Waals surface area contributed by atoms with Gasteiger partial charge >= 0.3 is 0 Å². The maximum atomic E-state index is 4.24. The average molecular weight is 284 g/mol. The highest BCUT2D eigenvalue weighted by Gasteiger charge is 2.12. The van der Waals surface area contributed by atoms with E-state index in [9.17, 15) is 0 Å². The summed E-state index contributed by atoms with van der Waals surface area (Å²) in [4.78, 5) is 0. The molecule has 0 atom stereocenters. The number of anilines is 1. The van der Waals surface area contributed by atoms with Crippen LogP contribution in [0.1, 0.15) is 45.1 Å². The Labute approximate surface area is 127 Å². The van der Waals surface area contributed by atoms with E-state index in [2.05, 4.69) is 46.7 Å². The molecule has 1 N–H and O–H groups in total. The molecule has 1 aromatic carbocycles. The van der Waals surface area contributed by atoms with E-state index in [-0.39, 0.29) is 0 Å². The topological polar surface area (TPSA) is 50.7 Å². The number of nitrogens with one attached hydrogen (secondary N) is 1. The predicted octanol–water partition coefficient (Wildman–Crippen LogP) is 4.09. The molecule has 0 saturated carbocycles. The number of nitrogens with zero attached hydrogens (tertiary/aromatic N) is 3. The third kappa shape index (κ3) is 4.25. The summed E-state index contributed by atoms with van der Waals surface area (Å²) in [5.41, 5.74) is 3.18. The van der Waals surface area contributed by atoms with Crippen molar-refractivity contribution in [1.82, 2.24) is 15.4 Å². The SMILES string of the molecule is CCCCCCNc1nnnc(-c2ccccc2)c1CC. The molecule has 0 aliphatic rings. The average Bonchev–Trinajstić information content (AvgIpc) is 2.55. The highest BCUT2D eigenvalue weighted by molar-refractivity contribution is 5.67. The van der Waals surface area contributed by atoms with Crippen molar-refractivity contribution in [2.24, 2.45) is 0 Å². The summed E-state index contributed by atoms with van der Waals surface area (Å²) in [7, 11) is 0. The van der Waals surface area contributed by atoms with Gasteiger partial charge in [-0.1, -0.05) is 63.4 Å². The third-order valence-electron chi connectivity index (χ3n) is 3.58. The molecule has 0 unspecified atom stereocenters. The van der Waals surface area contributed by atoms with Gasteiger partial charge in [-0.05, 0) is 18.1 Å². The molecular weight excluding hydrogens is 260 g/mol. The molecule has 1 aromatic heterocycles. The van der Waals surface area contributed by atoms with Crippen LogP contribution >= 0.6 is 0 Å². The molecule has 4 heteroatoms. The summed E-state index contributed by atoms with van der Waals surface area (Å²) >= 11 is 0. The Morgan fingerprint density at radius 2 is 1.76 bits per heavy atom. The minimum atomic E-state index is 0.878. The second kappa shape index (κ2) is 8.35. The Kier molecular flexibility index (Phi) is 6.13. The molecule has 112 valence electrons. The molecule has 2 rings (SSSR count). The number of hydrogen-bond donors (Lipinski definition) is 1. The van der Waals surface area contributed by atoms with Crippen molar-refractivity contribution in [1.29, 1.82) is 0 Å². The van der Waals surface area contributed by atoms with Gasteiger partial charge in [0.05, 0.1) is 0 Å². The van der Waals surface area contributed by atoms with Crippen LogP contribution in [-0.2, 0) is 6.42 Å². The molecule has 4 nitrogen and oxygen atoms in total. The second-order valence-electron chi connectivity index (χ2n) is 5.17. The second-order valence-corrected chi connectivity index (χ2v) is 5.17. The van der Waals surface area contributed by atoms with Gasteiger partial charge in [-0.25, -0.2) is 0 Å². The van der Waals surface area contributed by atoms with Gasteiger partial charge in [0.25, 0.3) is 0 Å². The van der Waals surface area contributed by atoms with E-state index >= 15 is 0 Å². The van der Waals surface area contributed by atoms with E-state index in [4.69, 9.17) is 0 Å². The zero-order valence-electron chi connectivity index (χ0n) is 13.0. The highest BCUT2D eigenvalue weighted by atomic mass is 15.3. The zero-order chi connectivity index (χ0) is 14.9. The Hall–Kier alpha value is -1.97. The van der Waals surface area contributed by atoms with Crippen molar-refractivity contribution in [3.63, 3.8) is 0 Å². The molecule has 21 heavy (non-hydrogen) atoms. The van der Waals surface area contributed by atoms with Gasteiger partial charge in [0.2, 0.25) is 0 Å². The first-order chi connectivity index (χ1) is 10.4. The van der Waals surface area contributed by atoms with Gasteiger partial charge in [0, 0.05) is 17.7 Å². The van der Waals surface area contributed by atoms with Crippen LogP contribution in [0.15, 0.2) is 30.3 Å². The normalized spacial score (nSPS) is 10.6. The molecule has 0 aliphatic heterocycles. The summed E-state index contributed by atoms with van der Waals surface area (Å²) in [6.45, 7) is 5.30. The van der Waals surface area contributed by atoms with Crippen LogP contribution in [0.25, 0.3) is 11.3 Å². The van der Waals surface area contributed by atoms with E-state index in [1.165, 1.54) is 25.7 Å². The Bertz CT molecular complexity index is 540.